The summed E-state index contributed by atoms with van der Waals surface area (Å²) in [6.07, 6.45) is 8.53. The van der Waals surface area contributed by atoms with Crippen molar-refractivity contribution in [3.05, 3.63) is 164 Å². The molecule has 8 N–H and O–H groups in total. The Balaban J connectivity index is 0.000000190. The third-order valence-electron chi connectivity index (χ3n) is 10.3. The molecule has 19 nitrogen and oxygen atoms in total. The van der Waals surface area contributed by atoms with Gasteiger partial charge in [-0.15, -0.1) is 11.3 Å². The van der Waals surface area contributed by atoms with Crippen molar-refractivity contribution in [2.75, 3.05) is 37.9 Å². The molecule has 0 bridgehead atoms. The normalized spacial score (nSPS) is 12.3. The highest BCUT2D eigenvalue weighted by Crippen LogP contribution is 2.29. The second kappa shape index (κ2) is 30.4. The van der Waals surface area contributed by atoms with Crippen molar-refractivity contribution in [2.45, 2.75) is 53.2 Å². The number of hydrogen-bond acceptors (Lipinski definition) is 16. The molecule has 80 heavy (non-hydrogen) atoms. The smallest absolute Gasteiger partial charge is 0.435 e. The number of Topliss-reactive ketones (excluding diaryl/α,β-unsaturated/α-hetero) is 1. The highest BCUT2D eigenvalue weighted by molar-refractivity contribution is 9.10. The summed E-state index contributed by atoms with van der Waals surface area (Å²) in [5.41, 5.74) is 9.80. The van der Waals surface area contributed by atoms with E-state index < -0.39 is 23.5 Å². The number of nitrogens with one attached hydrogen (secondary N) is 5. The van der Waals surface area contributed by atoms with Gasteiger partial charge in [-0.1, -0.05) is 57.5 Å². The van der Waals surface area contributed by atoms with E-state index in [0.717, 1.165) is 71.8 Å². The summed E-state index contributed by atoms with van der Waals surface area (Å²) < 4.78 is 28.6. The van der Waals surface area contributed by atoms with Crippen LogP contribution >= 0.6 is 66.4 Å². The number of carboxylic acid groups (broad SMARTS) is 1. The van der Waals surface area contributed by atoms with E-state index >= 15 is 0 Å². The monoisotopic (exact) mass is 1280 g/mol. The zero-order valence-corrected chi connectivity index (χ0v) is 48.8. The Kier molecular flexibility index (Phi) is 24.2. The maximum atomic E-state index is 14.1. The first-order chi connectivity index (χ1) is 37.7. The fourth-order valence-corrected chi connectivity index (χ4v) is 8.92. The van der Waals surface area contributed by atoms with Crippen molar-refractivity contribution in [2.24, 2.45) is 5.73 Å². The van der Waals surface area contributed by atoms with Gasteiger partial charge in [-0.25, -0.2) is 33.9 Å². The molecule has 7 heterocycles. The quantitative estimate of drug-likeness (QED) is 0.0577. The number of hydrogen-bond donors (Lipinski definition) is 7. The third-order valence-corrected chi connectivity index (χ3v) is 12.8. The number of carboxylic acids is 1. The zero-order chi connectivity index (χ0) is 57.2. The lowest BCUT2D eigenvalue weighted by Crippen LogP contribution is -2.27. The predicted octanol–water partition coefficient (Wildman–Crippen LogP) is 14.1. The van der Waals surface area contributed by atoms with Crippen LogP contribution in [0.1, 0.15) is 61.7 Å². The molecule has 420 valence electrons. The topological polar surface area (TPSA) is 266 Å². The molecule has 0 aliphatic carbocycles. The molecule has 1 unspecified atom stereocenters. The molecular formula is C55H58Br2Cl2FN13O6S. The average Bonchev–Trinajstić information content (AvgIpc) is 4.27. The van der Waals surface area contributed by atoms with Gasteiger partial charge in [0.2, 0.25) is 10.6 Å². The lowest BCUT2D eigenvalue weighted by molar-refractivity contribution is 0.0522. The van der Waals surface area contributed by atoms with Crippen LogP contribution in [0.5, 0.6) is 0 Å². The van der Waals surface area contributed by atoms with Crippen LogP contribution in [-0.2, 0) is 9.47 Å². The van der Waals surface area contributed by atoms with Gasteiger partial charge in [-0.3, -0.25) is 9.89 Å². The van der Waals surface area contributed by atoms with Crippen molar-refractivity contribution < 1.29 is 33.4 Å². The minimum absolute atomic E-state index is 0. The lowest BCUT2D eigenvalue weighted by atomic mass is 10.1. The van der Waals surface area contributed by atoms with Gasteiger partial charge in [0.15, 0.2) is 5.78 Å². The molecule has 4 aromatic carbocycles. The van der Waals surface area contributed by atoms with Crippen LogP contribution < -0.4 is 21.7 Å². The number of benzene rings is 4. The van der Waals surface area contributed by atoms with Crippen LogP contribution in [0.3, 0.4) is 0 Å². The minimum atomic E-state index is -0.864. The number of anilines is 4. The number of aromatic carboxylic acids is 1. The molecule has 0 spiro atoms. The number of halogens is 5. The Labute approximate surface area is 491 Å². The Morgan fingerprint density at radius 2 is 1.51 bits per heavy atom. The van der Waals surface area contributed by atoms with Gasteiger partial charge in [-0.05, 0) is 154 Å². The number of nitrogens with two attached hydrogens (primary N) is 1. The molecule has 10 aromatic rings. The highest BCUT2D eigenvalue weighted by atomic mass is 79.9. The summed E-state index contributed by atoms with van der Waals surface area (Å²) in [6, 6.07) is 29.1. The maximum Gasteiger partial charge on any atom is 0.435 e. The van der Waals surface area contributed by atoms with E-state index in [4.69, 9.17) is 43.5 Å². The molecule has 0 radical (unpaired) electrons. The largest absolute Gasteiger partial charge is 0.477 e. The molecule has 11 rings (SSSR count). The first-order valence-electron chi connectivity index (χ1n) is 23.8. The predicted molar refractivity (Wildman–Crippen MR) is 324 cm³/mol. The number of ketones is 1. The first kappa shape index (κ1) is 63.6. The van der Waals surface area contributed by atoms with E-state index in [1.807, 2.05) is 89.5 Å². The molecule has 1 atom stereocenters. The molecule has 1 saturated heterocycles. The number of fused-ring (bicyclic) bond motifs is 3. The molecule has 1 fully saturated rings. The second-order valence-corrected chi connectivity index (χ2v) is 21.4. The van der Waals surface area contributed by atoms with E-state index in [1.165, 1.54) is 28.3 Å². The molecule has 0 amide bonds. The number of carbonyl (C=O) groups excluding carboxylic acids is 2. The number of nitrogens with zero attached hydrogens (tertiary/aromatic N) is 7. The van der Waals surface area contributed by atoms with Crippen molar-refractivity contribution in [1.82, 2.24) is 50.2 Å². The standard InChI is InChI=1S/C16H16ClN5O2.C13H9ClFN5.C10H8BrNO.C9H5BrO2S.C4H9NO.C2H7N.CH4/c1-16(2,3)24-15(23)22-12-5-4-11(8-10(12)9-19-22)20-13-6-7-18-14(17)21-13;14-13-16-4-3-12(20-13)19-11-2-1-8(5-10(11)15)9-6-17-18-7-9;1-6(13)9-4-7-2-3-8(11)5-10(7)12-9;10-6-2-1-5-3-8(9(11)12)13-7(5)4-6;5-4-1-2-6-3-4;1-3-2;/h4-9H,1-3H3,(H,18,20,21);1-7H,(H,17,18)(H,16,19,20);2-5,12H,1H3;1-4H,(H,11,12);4H,1-3,5H2;3H,1-2H3;1H4. The highest BCUT2D eigenvalue weighted by Gasteiger charge is 2.20. The van der Waals surface area contributed by atoms with Gasteiger partial charge < -0.3 is 41.2 Å². The van der Waals surface area contributed by atoms with Gasteiger partial charge in [0.1, 0.15) is 27.9 Å². The average molecular weight is 1280 g/mol. The second-order valence-electron chi connectivity index (χ2n) is 17.9. The van der Waals surface area contributed by atoms with Crippen LogP contribution in [0.25, 0.3) is 43.0 Å². The molecule has 1 aliphatic heterocycles. The summed E-state index contributed by atoms with van der Waals surface area (Å²) in [5.74, 6) is -0.183. The lowest BCUT2D eigenvalue weighted by Gasteiger charge is -2.19. The summed E-state index contributed by atoms with van der Waals surface area (Å²) in [6.45, 7) is 8.61. The summed E-state index contributed by atoms with van der Waals surface area (Å²) in [5, 5.41) is 31.2. The van der Waals surface area contributed by atoms with Gasteiger partial charge in [-0.2, -0.15) is 14.9 Å². The fourth-order valence-electron chi connectivity index (χ4n) is 6.81. The number of rotatable bonds is 7. The van der Waals surface area contributed by atoms with Crippen LogP contribution in [-0.4, -0.2) is 107 Å². The van der Waals surface area contributed by atoms with Crippen molar-refractivity contribution in [1.29, 1.82) is 0 Å². The van der Waals surface area contributed by atoms with Crippen LogP contribution in [0.4, 0.5) is 32.2 Å². The van der Waals surface area contributed by atoms with Gasteiger partial charge in [0.05, 0.1) is 35.9 Å². The minimum Gasteiger partial charge on any atom is -0.477 e. The van der Waals surface area contributed by atoms with E-state index in [1.54, 1.807) is 68.1 Å². The number of carbonyl (C=O) groups is 3. The van der Waals surface area contributed by atoms with E-state index in [0.29, 0.717) is 39.5 Å². The molecule has 25 heteroatoms. The maximum absolute atomic E-state index is 14.1. The Morgan fingerprint density at radius 3 is 2.08 bits per heavy atom. The summed E-state index contributed by atoms with van der Waals surface area (Å²) >= 11 is 19.4. The van der Waals surface area contributed by atoms with Crippen molar-refractivity contribution in [3.8, 4) is 11.1 Å². The van der Waals surface area contributed by atoms with Crippen LogP contribution in [0.15, 0.2) is 137 Å². The number of aromatic nitrogens is 9. The Morgan fingerprint density at radius 1 is 0.850 bits per heavy atom. The number of aromatic amines is 2. The molecular weight excluding hydrogens is 1220 g/mol. The van der Waals surface area contributed by atoms with E-state index in [-0.39, 0.29) is 23.8 Å². The molecule has 1 aliphatic rings. The summed E-state index contributed by atoms with van der Waals surface area (Å²) in [7, 11) is 3.75. The fraction of sp³-hybridized carbons (Fsp3) is 0.218. The van der Waals surface area contributed by atoms with Crippen molar-refractivity contribution >= 4 is 139 Å². The Hall–Kier alpha value is -7.22. The van der Waals surface area contributed by atoms with Crippen LogP contribution in [0, 0.1) is 5.82 Å². The van der Waals surface area contributed by atoms with Crippen molar-refractivity contribution in [3.63, 3.8) is 0 Å². The molecule has 0 saturated carbocycles. The van der Waals surface area contributed by atoms with E-state index in [2.05, 4.69) is 88.0 Å². The SMILES string of the molecule is C.CC(=O)c1cc2ccc(Br)cc2[nH]1.CC(C)(C)OC(=O)n1ncc2cc(Nc3ccnc(Cl)n3)ccc21.CNC.Fc1cc(-c2cn[nH]c2)ccc1Nc1ccnc(Cl)n1.NC1CCOC1.O=C(O)c1cc2ccc(Br)cc2s1. The van der Waals surface area contributed by atoms with Gasteiger partial charge in [0, 0.05) is 79.3 Å². The Bertz CT molecular complexity index is 3560. The van der Waals surface area contributed by atoms with Gasteiger partial charge in [0.25, 0.3) is 0 Å². The number of thiophene rings is 1. The van der Waals surface area contributed by atoms with Gasteiger partial charge >= 0.3 is 12.1 Å². The number of H-pyrrole nitrogens is 2. The van der Waals surface area contributed by atoms with E-state index in [9.17, 15) is 18.8 Å². The summed E-state index contributed by atoms with van der Waals surface area (Å²) in [4.78, 5) is 52.9. The third kappa shape index (κ3) is 19.5. The first-order valence-corrected chi connectivity index (χ1v) is 27.0. The molecule has 6 aromatic heterocycles. The van der Waals surface area contributed by atoms with Crippen LogP contribution in [0.2, 0.25) is 10.6 Å². The zero-order valence-electron chi connectivity index (χ0n) is 43.3. The number of ether oxygens (including phenoxy) is 2.